The van der Waals surface area contributed by atoms with E-state index in [4.69, 9.17) is 0 Å². The number of carboxylic acid groups (broad SMARTS) is 1. The third-order valence-corrected chi connectivity index (χ3v) is 5.52. The van der Waals surface area contributed by atoms with Crippen molar-refractivity contribution in [2.75, 3.05) is 32.7 Å². The molecule has 2 saturated heterocycles. The molecule has 6 heteroatoms. The van der Waals surface area contributed by atoms with Crippen molar-refractivity contribution < 1.29 is 14.7 Å². The average molecular weight is 343 g/mol. The monoisotopic (exact) mass is 343 g/mol. The zero-order chi connectivity index (χ0) is 18.0. The Morgan fingerprint density at radius 2 is 2.24 bits per heavy atom. The fourth-order valence-electron chi connectivity index (χ4n) is 4.17. The molecular formula is C19H25N3O3. The summed E-state index contributed by atoms with van der Waals surface area (Å²) in [5.41, 5.74) is 0.673. The van der Waals surface area contributed by atoms with Crippen molar-refractivity contribution in [3.05, 3.63) is 42.2 Å². The molecule has 0 saturated carbocycles. The van der Waals surface area contributed by atoms with Crippen LogP contribution in [0.3, 0.4) is 0 Å². The molecule has 0 aliphatic carbocycles. The van der Waals surface area contributed by atoms with E-state index < -0.39 is 11.4 Å². The number of nitrogens with zero attached hydrogens (tertiary/aromatic N) is 3. The molecule has 0 spiro atoms. The standard InChI is InChI=1S/C19H25N3O3/c1-3-8-21-11-16-12-22(9-4-7-19(16,13-21)18(24)25)17(23)15-6-5-14(2)20-10-15/h3,5-6,10,16H,1,4,7-9,11-13H2,2H3,(H,24,25)/t16-,19-/m0/s1. The molecule has 3 heterocycles. The van der Waals surface area contributed by atoms with Crippen LogP contribution in [0.15, 0.2) is 31.0 Å². The minimum Gasteiger partial charge on any atom is -0.481 e. The van der Waals surface area contributed by atoms with E-state index in [-0.39, 0.29) is 11.8 Å². The molecule has 0 aromatic carbocycles. The number of aromatic nitrogens is 1. The molecule has 1 aromatic heterocycles. The lowest BCUT2D eigenvalue weighted by Gasteiger charge is -2.29. The van der Waals surface area contributed by atoms with Crippen molar-refractivity contribution in [1.29, 1.82) is 0 Å². The molecule has 3 rings (SSSR count). The van der Waals surface area contributed by atoms with Crippen LogP contribution in [0.1, 0.15) is 28.9 Å². The minimum atomic E-state index is -0.760. The molecule has 25 heavy (non-hydrogen) atoms. The number of carboxylic acids is 1. The van der Waals surface area contributed by atoms with Crippen LogP contribution in [0.2, 0.25) is 0 Å². The fourth-order valence-corrected chi connectivity index (χ4v) is 4.17. The Labute approximate surface area is 148 Å². The third kappa shape index (κ3) is 3.31. The fraction of sp³-hybridized carbons (Fsp3) is 0.526. The van der Waals surface area contributed by atoms with Gasteiger partial charge in [0.1, 0.15) is 0 Å². The quantitative estimate of drug-likeness (QED) is 0.844. The Hall–Kier alpha value is -2.21. The van der Waals surface area contributed by atoms with Crippen LogP contribution in [-0.4, -0.2) is 64.5 Å². The molecule has 2 fully saturated rings. The lowest BCUT2D eigenvalue weighted by Crippen LogP contribution is -2.42. The molecule has 2 aliphatic heterocycles. The smallest absolute Gasteiger partial charge is 0.311 e. The number of likely N-dealkylation sites (tertiary alicyclic amines) is 2. The van der Waals surface area contributed by atoms with Crippen LogP contribution in [0.5, 0.6) is 0 Å². The normalized spacial score (nSPS) is 26.8. The topological polar surface area (TPSA) is 73.7 Å². The molecule has 1 N–H and O–H groups in total. The Balaban J connectivity index is 1.82. The maximum Gasteiger partial charge on any atom is 0.311 e. The van der Waals surface area contributed by atoms with Crippen LogP contribution >= 0.6 is 0 Å². The highest BCUT2D eigenvalue weighted by Gasteiger charge is 2.53. The molecule has 6 nitrogen and oxygen atoms in total. The van der Waals surface area contributed by atoms with Crippen molar-refractivity contribution >= 4 is 11.9 Å². The van der Waals surface area contributed by atoms with Gasteiger partial charge in [0.25, 0.3) is 5.91 Å². The first-order valence-electron chi connectivity index (χ1n) is 8.75. The molecule has 0 bridgehead atoms. The maximum atomic E-state index is 12.8. The van der Waals surface area contributed by atoms with Gasteiger partial charge in [-0.05, 0) is 31.9 Å². The number of amides is 1. The van der Waals surface area contributed by atoms with E-state index in [0.29, 0.717) is 51.1 Å². The molecule has 134 valence electrons. The molecule has 0 unspecified atom stereocenters. The second-order valence-electron chi connectivity index (χ2n) is 7.18. The number of aryl methyl sites for hydroxylation is 1. The first-order valence-corrected chi connectivity index (χ1v) is 8.75. The number of carbonyl (C=O) groups is 2. The van der Waals surface area contributed by atoms with E-state index in [1.165, 1.54) is 0 Å². The van der Waals surface area contributed by atoms with Gasteiger partial charge in [-0.1, -0.05) is 6.08 Å². The summed E-state index contributed by atoms with van der Waals surface area (Å²) in [6.45, 7) is 8.62. The van der Waals surface area contributed by atoms with E-state index in [1.807, 2.05) is 19.1 Å². The summed E-state index contributed by atoms with van der Waals surface area (Å²) in [6, 6.07) is 3.62. The van der Waals surface area contributed by atoms with Crippen LogP contribution in [0, 0.1) is 18.3 Å². The number of rotatable bonds is 4. The summed E-state index contributed by atoms with van der Waals surface area (Å²) < 4.78 is 0. The van der Waals surface area contributed by atoms with Gasteiger partial charge in [0.05, 0.1) is 11.0 Å². The largest absolute Gasteiger partial charge is 0.481 e. The van der Waals surface area contributed by atoms with Crippen molar-refractivity contribution in [3.63, 3.8) is 0 Å². The Kier molecular flexibility index (Phi) is 4.90. The summed E-state index contributed by atoms with van der Waals surface area (Å²) in [6.07, 6.45) is 4.72. The summed E-state index contributed by atoms with van der Waals surface area (Å²) in [5, 5.41) is 9.92. The number of pyridine rings is 1. The number of fused-ring (bicyclic) bond motifs is 1. The summed E-state index contributed by atoms with van der Waals surface area (Å²) in [4.78, 5) is 33.1. The van der Waals surface area contributed by atoms with E-state index in [9.17, 15) is 14.7 Å². The molecule has 1 amide bonds. The van der Waals surface area contributed by atoms with E-state index in [1.54, 1.807) is 17.2 Å². The predicted octanol–water partition coefficient (Wildman–Crippen LogP) is 1.81. The number of hydrogen-bond acceptors (Lipinski definition) is 4. The van der Waals surface area contributed by atoms with Crippen LogP contribution < -0.4 is 0 Å². The summed E-state index contributed by atoms with van der Waals surface area (Å²) >= 11 is 0. The van der Waals surface area contributed by atoms with Gasteiger partial charge in [-0.25, -0.2) is 0 Å². The molecular weight excluding hydrogens is 318 g/mol. The first-order chi connectivity index (χ1) is 12.0. The number of aliphatic carboxylic acids is 1. The lowest BCUT2D eigenvalue weighted by atomic mass is 9.75. The highest BCUT2D eigenvalue weighted by molar-refractivity contribution is 5.94. The van der Waals surface area contributed by atoms with Gasteiger partial charge >= 0.3 is 5.97 Å². The van der Waals surface area contributed by atoms with Crippen molar-refractivity contribution in [3.8, 4) is 0 Å². The zero-order valence-electron chi connectivity index (χ0n) is 14.6. The second kappa shape index (κ2) is 6.96. The van der Waals surface area contributed by atoms with Gasteiger partial charge in [0.15, 0.2) is 0 Å². The lowest BCUT2D eigenvalue weighted by molar-refractivity contribution is -0.150. The van der Waals surface area contributed by atoms with Crippen molar-refractivity contribution in [2.24, 2.45) is 11.3 Å². The Morgan fingerprint density at radius 3 is 2.88 bits per heavy atom. The van der Waals surface area contributed by atoms with Crippen LogP contribution in [0.25, 0.3) is 0 Å². The maximum absolute atomic E-state index is 12.8. The second-order valence-corrected chi connectivity index (χ2v) is 7.18. The number of carbonyl (C=O) groups excluding carboxylic acids is 1. The van der Waals surface area contributed by atoms with Gasteiger partial charge in [-0.2, -0.15) is 0 Å². The first kappa shape index (κ1) is 17.6. The van der Waals surface area contributed by atoms with Gasteiger partial charge in [-0.15, -0.1) is 6.58 Å². The van der Waals surface area contributed by atoms with Crippen LogP contribution in [0.4, 0.5) is 0 Å². The van der Waals surface area contributed by atoms with E-state index in [2.05, 4.69) is 16.5 Å². The highest BCUT2D eigenvalue weighted by Crippen LogP contribution is 2.43. The van der Waals surface area contributed by atoms with Gasteiger partial charge in [0.2, 0.25) is 0 Å². The predicted molar refractivity (Wildman–Crippen MR) is 94.3 cm³/mol. The molecule has 2 atom stereocenters. The minimum absolute atomic E-state index is 0.0594. The molecule has 0 radical (unpaired) electrons. The Morgan fingerprint density at radius 1 is 1.44 bits per heavy atom. The number of hydrogen-bond donors (Lipinski definition) is 1. The van der Waals surface area contributed by atoms with Crippen LogP contribution in [-0.2, 0) is 4.79 Å². The molecule has 1 aromatic rings. The molecule has 2 aliphatic rings. The van der Waals surface area contributed by atoms with Gasteiger partial charge < -0.3 is 10.0 Å². The summed E-state index contributed by atoms with van der Waals surface area (Å²) in [7, 11) is 0. The van der Waals surface area contributed by atoms with Gasteiger partial charge in [0, 0.05) is 50.5 Å². The van der Waals surface area contributed by atoms with Crippen molar-refractivity contribution in [1.82, 2.24) is 14.8 Å². The highest BCUT2D eigenvalue weighted by atomic mass is 16.4. The SMILES string of the molecule is C=CCN1C[C@H]2CN(C(=O)c3ccc(C)nc3)CCC[C@]2(C(=O)O)C1. The zero-order valence-corrected chi connectivity index (χ0v) is 14.6. The third-order valence-electron chi connectivity index (χ3n) is 5.52. The van der Waals surface area contributed by atoms with Crippen molar-refractivity contribution in [2.45, 2.75) is 19.8 Å². The Bertz CT molecular complexity index is 673. The summed E-state index contributed by atoms with van der Waals surface area (Å²) in [5.74, 6) is -0.860. The average Bonchev–Trinajstić information content (AvgIpc) is 2.82. The van der Waals surface area contributed by atoms with Gasteiger partial charge in [-0.3, -0.25) is 19.5 Å². The van der Waals surface area contributed by atoms with E-state index >= 15 is 0 Å². The van der Waals surface area contributed by atoms with E-state index in [0.717, 1.165) is 5.69 Å².